The Morgan fingerprint density at radius 1 is 1.45 bits per heavy atom. The zero-order valence-corrected chi connectivity index (χ0v) is 12.8. The van der Waals surface area contributed by atoms with E-state index < -0.39 is 0 Å². The van der Waals surface area contributed by atoms with Gasteiger partial charge in [-0.1, -0.05) is 0 Å². The number of hydrogen-bond acceptors (Lipinski definition) is 3. The van der Waals surface area contributed by atoms with E-state index in [9.17, 15) is 4.79 Å². The first-order valence-corrected chi connectivity index (χ1v) is 7.01. The Hall–Kier alpha value is -2.76. The molecular formula is C16H18N4O2. The van der Waals surface area contributed by atoms with Gasteiger partial charge >= 0.3 is 0 Å². The molecule has 0 saturated carbocycles. The van der Waals surface area contributed by atoms with E-state index in [1.54, 1.807) is 13.3 Å². The third-order valence-corrected chi connectivity index (χ3v) is 3.82. The molecule has 0 fully saturated rings. The molecule has 6 nitrogen and oxygen atoms in total. The summed E-state index contributed by atoms with van der Waals surface area (Å²) in [7, 11) is 3.53. The molecule has 1 amide bonds. The van der Waals surface area contributed by atoms with Crippen LogP contribution in [0.5, 0.6) is 5.75 Å². The number of imidazole rings is 1. The third-order valence-electron chi connectivity index (χ3n) is 3.82. The van der Waals surface area contributed by atoms with Crippen LogP contribution in [0, 0.1) is 6.92 Å². The van der Waals surface area contributed by atoms with Crippen LogP contribution in [0.1, 0.15) is 21.9 Å². The highest BCUT2D eigenvalue weighted by molar-refractivity contribution is 6.01. The first kappa shape index (κ1) is 14.2. The van der Waals surface area contributed by atoms with Crippen molar-refractivity contribution in [1.82, 2.24) is 19.9 Å². The average Bonchev–Trinajstić information content (AvgIpc) is 3.08. The van der Waals surface area contributed by atoms with E-state index in [-0.39, 0.29) is 5.91 Å². The summed E-state index contributed by atoms with van der Waals surface area (Å²) in [5.74, 6) is 1.44. The predicted molar refractivity (Wildman–Crippen MR) is 84.0 cm³/mol. The number of aryl methyl sites for hydroxylation is 2. The van der Waals surface area contributed by atoms with Crippen LogP contribution in [0.3, 0.4) is 0 Å². The predicted octanol–water partition coefficient (Wildman–Crippen LogP) is 2.15. The quantitative estimate of drug-likeness (QED) is 0.775. The number of methoxy groups -OCH3 is 1. The summed E-state index contributed by atoms with van der Waals surface area (Å²) in [5, 5.41) is 3.88. The first-order valence-electron chi connectivity index (χ1n) is 7.01. The number of fused-ring (bicyclic) bond motifs is 1. The molecule has 1 aromatic carbocycles. The summed E-state index contributed by atoms with van der Waals surface area (Å²) in [5.41, 5.74) is 2.39. The molecule has 0 saturated heterocycles. The molecule has 2 aromatic heterocycles. The largest absolute Gasteiger partial charge is 0.497 e. The van der Waals surface area contributed by atoms with Crippen molar-refractivity contribution >= 4 is 16.8 Å². The molecule has 3 aromatic rings. The summed E-state index contributed by atoms with van der Waals surface area (Å²) < 4.78 is 7.11. The van der Waals surface area contributed by atoms with E-state index >= 15 is 0 Å². The summed E-state index contributed by atoms with van der Waals surface area (Å²) in [6.45, 7) is 2.31. The standard InChI is InChI=1S/C16H18N4O2/c1-10-12-8-11(22-3)4-5-13(12)19-15(10)16(21)18-9-14-17-6-7-20(14)2/h4-8,19H,9H2,1-3H3,(H,18,21). The van der Waals surface area contributed by atoms with Gasteiger partial charge in [-0.3, -0.25) is 4.79 Å². The van der Waals surface area contributed by atoms with Crippen LogP contribution in [-0.2, 0) is 13.6 Å². The normalized spacial score (nSPS) is 10.9. The van der Waals surface area contributed by atoms with Crippen LogP contribution in [-0.4, -0.2) is 27.6 Å². The van der Waals surface area contributed by atoms with Gasteiger partial charge < -0.3 is 19.6 Å². The number of hydrogen-bond donors (Lipinski definition) is 2. The van der Waals surface area contributed by atoms with Gasteiger partial charge in [-0.05, 0) is 30.7 Å². The number of benzene rings is 1. The number of ether oxygens (including phenoxy) is 1. The summed E-state index contributed by atoms with van der Waals surface area (Å²) in [6, 6.07) is 5.71. The van der Waals surface area contributed by atoms with Crippen LogP contribution in [0.4, 0.5) is 0 Å². The number of aromatic nitrogens is 3. The van der Waals surface area contributed by atoms with E-state index in [0.717, 1.165) is 28.0 Å². The number of carbonyl (C=O) groups excluding carboxylic acids is 1. The van der Waals surface area contributed by atoms with Crippen molar-refractivity contribution < 1.29 is 9.53 Å². The maximum absolute atomic E-state index is 12.4. The molecule has 2 N–H and O–H groups in total. The fourth-order valence-corrected chi connectivity index (χ4v) is 2.47. The van der Waals surface area contributed by atoms with Crippen molar-refractivity contribution in [1.29, 1.82) is 0 Å². The van der Waals surface area contributed by atoms with Gasteiger partial charge in [-0.2, -0.15) is 0 Å². The van der Waals surface area contributed by atoms with E-state index in [1.807, 2.05) is 42.9 Å². The molecule has 2 heterocycles. The van der Waals surface area contributed by atoms with Gasteiger partial charge in [0.15, 0.2) is 0 Å². The zero-order valence-electron chi connectivity index (χ0n) is 12.8. The van der Waals surface area contributed by atoms with Crippen LogP contribution in [0.25, 0.3) is 10.9 Å². The molecule has 0 atom stereocenters. The lowest BCUT2D eigenvalue weighted by Crippen LogP contribution is -2.25. The maximum atomic E-state index is 12.4. The van der Waals surface area contributed by atoms with Crippen molar-refractivity contribution in [3.63, 3.8) is 0 Å². The van der Waals surface area contributed by atoms with Gasteiger partial charge in [-0.15, -0.1) is 0 Å². The second-order valence-electron chi connectivity index (χ2n) is 5.17. The third kappa shape index (κ3) is 2.43. The number of nitrogens with one attached hydrogen (secondary N) is 2. The minimum atomic E-state index is -0.143. The number of nitrogens with zero attached hydrogens (tertiary/aromatic N) is 2. The number of carbonyl (C=O) groups is 1. The van der Waals surface area contributed by atoms with Crippen molar-refractivity contribution in [2.24, 2.45) is 7.05 Å². The monoisotopic (exact) mass is 298 g/mol. The molecule has 3 rings (SSSR count). The van der Waals surface area contributed by atoms with E-state index in [0.29, 0.717) is 12.2 Å². The number of amides is 1. The van der Waals surface area contributed by atoms with Crippen LogP contribution in [0.2, 0.25) is 0 Å². The lowest BCUT2D eigenvalue weighted by atomic mass is 10.1. The molecule has 0 bridgehead atoms. The molecule has 0 radical (unpaired) electrons. The van der Waals surface area contributed by atoms with Crippen molar-refractivity contribution in [2.75, 3.05) is 7.11 Å². The lowest BCUT2D eigenvalue weighted by molar-refractivity contribution is 0.0945. The summed E-state index contributed by atoms with van der Waals surface area (Å²) in [6.07, 6.45) is 3.56. The Balaban J connectivity index is 1.84. The Morgan fingerprint density at radius 2 is 2.27 bits per heavy atom. The Bertz CT molecular complexity index is 832. The van der Waals surface area contributed by atoms with E-state index in [2.05, 4.69) is 15.3 Å². The maximum Gasteiger partial charge on any atom is 0.268 e. The zero-order chi connectivity index (χ0) is 15.7. The van der Waals surface area contributed by atoms with Crippen molar-refractivity contribution in [2.45, 2.75) is 13.5 Å². The van der Waals surface area contributed by atoms with Gasteiger partial charge in [0.05, 0.1) is 13.7 Å². The lowest BCUT2D eigenvalue weighted by Gasteiger charge is -2.05. The molecule has 0 aliphatic rings. The summed E-state index contributed by atoms with van der Waals surface area (Å²) >= 11 is 0. The molecule has 0 unspecified atom stereocenters. The van der Waals surface area contributed by atoms with Gasteiger partial charge in [-0.25, -0.2) is 4.98 Å². The van der Waals surface area contributed by atoms with Crippen LogP contribution < -0.4 is 10.1 Å². The molecule has 114 valence electrons. The molecule has 0 aliphatic carbocycles. The highest BCUT2D eigenvalue weighted by Gasteiger charge is 2.15. The van der Waals surface area contributed by atoms with Crippen molar-refractivity contribution in [3.05, 3.63) is 47.7 Å². The Labute approximate surface area is 128 Å². The molecule has 0 spiro atoms. The number of aromatic amines is 1. The minimum absolute atomic E-state index is 0.143. The number of rotatable bonds is 4. The molecular weight excluding hydrogens is 280 g/mol. The van der Waals surface area contributed by atoms with Gasteiger partial charge in [0.25, 0.3) is 5.91 Å². The molecule has 22 heavy (non-hydrogen) atoms. The highest BCUT2D eigenvalue weighted by atomic mass is 16.5. The smallest absolute Gasteiger partial charge is 0.268 e. The second-order valence-corrected chi connectivity index (χ2v) is 5.17. The van der Waals surface area contributed by atoms with Crippen molar-refractivity contribution in [3.8, 4) is 5.75 Å². The topological polar surface area (TPSA) is 71.9 Å². The fraction of sp³-hybridized carbons (Fsp3) is 0.250. The fourth-order valence-electron chi connectivity index (χ4n) is 2.47. The average molecular weight is 298 g/mol. The van der Waals surface area contributed by atoms with Gasteiger partial charge in [0, 0.05) is 30.3 Å². The Kier molecular flexibility index (Phi) is 3.58. The molecule has 6 heteroatoms. The van der Waals surface area contributed by atoms with Gasteiger partial charge in [0.1, 0.15) is 17.3 Å². The minimum Gasteiger partial charge on any atom is -0.497 e. The first-order chi connectivity index (χ1) is 10.6. The Morgan fingerprint density at radius 3 is 2.95 bits per heavy atom. The van der Waals surface area contributed by atoms with E-state index in [4.69, 9.17) is 4.74 Å². The highest BCUT2D eigenvalue weighted by Crippen LogP contribution is 2.25. The van der Waals surface area contributed by atoms with Crippen LogP contribution >= 0.6 is 0 Å². The van der Waals surface area contributed by atoms with E-state index in [1.165, 1.54) is 0 Å². The SMILES string of the molecule is COc1ccc2[nH]c(C(=O)NCc3nccn3C)c(C)c2c1. The second kappa shape index (κ2) is 5.55. The molecule has 0 aliphatic heterocycles. The number of H-pyrrole nitrogens is 1. The summed E-state index contributed by atoms with van der Waals surface area (Å²) in [4.78, 5) is 19.7. The van der Waals surface area contributed by atoms with Gasteiger partial charge in [0.2, 0.25) is 0 Å². The van der Waals surface area contributed by atoms with Crippen LogP contribution in [0.15, 0.2) is 30.6 Å².